The summed E-state index contributed by atoms with van der Waals surface area (Å²) < 4.78 is 11.0. The van der Waals surface area contributed by atoms with Crippen molar-refractivity contribution in [2.24, 2.45) is 5.92 Å². The lowest BCUT2D eigenvalue weighted by atomic mass is 10.0. The van der Waals surface area contributed by atoms with Crippen molar-refractivity contribution >= 4 is 11.6 Å². The molecule has 1 aromatic rings. The highest BCUT2D eigenvalue weighted by Gasteiger charge is 2.15. The number of hydrogen-bond donors (Lipinski definition) is 0. The predicted molar refractivity (Wildman–Crippen MR) is 65.2 cm³/mol. The lowest BCUT2D eigenvalue weighted by Gasteiger charge is -2.22. The van der Waals surface area contributed by atoms with Gasteiger partial charge in [-0.15, -0.1) is 0 Å². The Morgan fingerprint density at radius 2 is 2.18 bits per heavy atom. The van der Waals surface area contributed by atoms with Crippen LogP contribution < -0.4 is 4.74 Å². The summed E-state index contributed by atoms with van der Waals surface area (Å²) in [5.41, 5.74) is 0.490. The lowest BCUT2D eigenvalue weighted by molar-refractivity contribution is 0.0497. The summed E-state index contributed by atoms with van der Waals surface area (Å²) in [6, 6.07) is 7.20. The zero-order chi connectivity index (χ0) is 12.1. The first-order valence-corrected chi connectivity index (χ1v) is 6.07. The average molecular weight is 252 g/mol. The monoisotopic (exact) mass is 251 g/mol. The van der Waals surface area contributed by atoms with Crippen LogP contribution in [0.4, 0.5) is 0 Å². The van der Waals surface area contributed by atoms with Crippen LogP contribution in [0.25, 0.3) is 0 Å². The van der Waals surface area contributed by atoms with Gasteiger partial charge in [0.1, 0.15) is 11.8 Å². The second-order valence-corrected chi connectivity index (χ2v) is 4.56. The first kappa shape index (κ1) is 12.2. The number of hydrogen-bond acceptors (Lipinski definition) is 3. The summed E-state index contributed by atoms with van der Waals surface area (Å²) in [6.45, 7) is 2.25. The molecule has 0 unspecified atom stereocenters. The van der Waals surface area contributed by atoms with Crippen LogP contribution in [0.5, 0.6) is 5.75 Å². The summed E-state index contributed by atoms with van der Waals surface area (Å²) in [5, 5.41) is 9.53. The Kier molecular flexibility index (Phi) is 4.24. The van der Waals surface area contributed by atoms with Crippen LogP contribution >= 0.6 is 11.6 Å². The molecule has 90 valence electrons. The van der Waals surface area contributed by atoms with Crippen molar-refractivity contribution in [2.45, 2.75) is 12.8 Å². The van der Waals surface area contributed by atoms with Crippen molar-refractivity contribution in [3.05, 3.63) is 28.8 Å². The Hall–Kier alpha value is -1.24. The summed E-state index contributed by atoms with van der Waals surface area (Å²) in [6.07, 6.45) is 2.05. The van der Waals surface area contributed by atoms with Gasteiger partial charge in [-0.2, -0.15) is 5.26 Å². The maximum atomic E-state index is 8.97. The topological polar surface area (TPSA) is 42.2 Å². The number of nitriles is 1. The van der Waals surface area contributed by atoms with Gasteiger partial charge in [0, 0.05) is 18.2 Å². The number of benzene rings is 1. The van der Waals surface area contributed by atoms with Crippen LogP contribution in [-0.4, -0.2) is 19.8 Å². The Labute approximate surface area is 106 Å². The van der Waals surface area contributed by atoms with Gasteiger partial charge in [0.05, 0.1) is 12.2 Å². The zero-order valence-electron chi connectivity index (χ0n) is 9.49. The van der Waals surface area contributed by atoms with E-state index in [1.54, 1.807) is 18.2 Å². The van der Waals surface area contributed by atoms with Crippen LogP contribution in [0.3, 0.4) is 0 Å². The molecular weight excluding hydrogens is 238 g/mol. The molecule has 4 heteroatoms. The first-order valence-electron chi connectivity index (χ1n) is 5.70. The van der Waals surface area contributed by atoms with Crippen LogP contribution in [0.15, 0.2) is 18.2 Å². The van der Waals surface area contributed by atoms with Crippen LogP contribution in [0.1, 0.15) is 18.4 Å². The minimum atomic E-state index is 0.490. The fraction of sp³-hybridized carbons (Fsp3) is 0.462. The fourth-order valence-electron chi connectivity index (χ4n) is 1.84. The molecule has 3 nitrogen and oxygen atoms in total. The summed E-state index contributed by atoms with van der Waals surface area (Å²) >= 11 is 5.82. The molecule has 0 spiro atoms. The molecular formula is C13H14ClNO2. The summed E-state index contributed by atoms with van der Waals surface area (Å²) in [4.78, 5) is 0. The molecule has 2 rings (SSSR count). The third-order valence-corrected chi connectivity index (χ3v) is 3.11. The molecule has 1 aromatic carbocycles. The van der Waals surface area contributed by atoms with Gasteiger partial charge in [0.2, 0.25) is 0 Å². The van der Waals surface area contributed by atoms with Gasteiger partial charge in [-0.25, -0.2) is 0 Å². The van der Waals surface area contributed by atoms with E-state index in [9.17, 15) is 0 Å². The molecule has 0 saturated carbocycles. The molecule has 0 amide bonds. The van der Waals surface area contributed by atoms with Gasteiger partial charge in [-0.3, -0.25) is 0 Å². The zero-order valence-corrected chi connectivity index (χ0v) is 10.2. The van der Waals surface area contributed by atoms with E-state index in [2.05, 4.69) is 6.07 Å². The maximum absolute atomic E-state index is 8.97. The van der Waals surface area contributed by atoms with Crippen molar-refractivity contribution in [3.63, 3.8) is 0 Å². The van der Waals surface area contributed by atoms with Crippen LogP contribution in [0, 0.1) is 17.2 Å². The smallest absolute Gasteiger partial charge is 0.137 e. The van der Waals surface area contributed by atoms with Crippen molar-refractivity contribution in [1.29, 1.82) is 5.26 Å². The Bertz CT molecular complexity index is 422. The van der Waals surface area contributed by atoms with Crippen molar-refractivity contribution in [2.75, 3.05) is 19.8 Å². The molecule has 0 radical (unpaired) electrons. The minimum Gasteiger partial charge on any atom is -0.492 e. The third-order valence-electron chi connectivity index (χ3n) is 2.88. The molecule has 1 fully saturated rings. The van der Waals surface area contributed by atoms with E-state index in [4.69, 9.17) is 26.3 Å². The predicted octanol–water partition coefficient (Wildman–Crippen LogP) is 3.02. The minimum absolute atomic E-state index is 0.490. The highest BCUT2D eigenvalue weighted by Crippen LogP contribution is 2.24. The average Bonchev–Trinajstić information content (AvgIpc) is 2.38. The lowest BCUT2D eigenvalue weighted by Crippen LogP contribution is -2.21. The van der Waals surface area contributed by atoms with Gasteiger partial charge in [0.25, 0.3) is 0 Å². The van der Waals surface area contributed by atoms with Gasteiger partial charge >= 0.3 is 0 Å². The molecule has 1 saturated heterocycles. The van der Waals surface area contributed by atoms with E-state index >= 15 is 0 Å². The highest BCUT2D eigenvalue weighted by atomic mass is 35.5. The first-order chi connectivity index (χ1) is 8.29. The van der Waals surface area contributed by atoms with Crippen molar-refractivity contribution in [3.8, 4) is 11.8 Å². The number of ether oxygens (including phenoxy) is 2. The van der Waals surface area contributed by atoms with E-state index in [0.29, 0.717) is 28.9 Å². The summed E-state index contributed by atoms with van der Waals surface area (Å²) in [5.74, 6) is 1.13. The quantitative estimate of drug-likeness (QED) is 0.829. The van der Waals surface area contributed by atoms with E-state index in [-0.39, 0.29) is 0 Å². The molecule has 17 heavy (non-hydrogen) atoms. The van der Waals surface area contributed by atoms with Crippen LogP contribution in [-0.2, 0) is 4.74 Å². The van der Waals surface area contributed by atoms with E-state index in [1.807, 2.05) is 0 Å². The SMILES string of the molecule is N#Cc1cc(Cl)ccc1OCC1CCOCC1. The Morgan fingerprint density at radius 3 is 2.88 bits per heavy atom. The van der Waals surface area contributed by atoms with Gasteiger partial charge in [0.15, 0.2) is 0 Å². The molecule has 0 bridgehead atoms. The second-order valence-electron chi connectivity index (χ2n) is 4.12. The number of nitrogens with zero attached hydrogens (tertiary/aromatic N) is 1. The highest BCUT2D eigenvalue weighted by molar-refractivity contribution is 6.30. The standard InChI is InChI=1S/C13H14ClNO2/c14-12-1-2-13(11(7-12)8-15)17-9-10-3-5-16-6-4-10/h1-2,7,10H,3-6,9H2. The Balaban J connectivity index is 1.96. The van der Waals surface area contributed by atoms with Crippen molar-refractivity contribution < 1.29 is 9.47 Å². The fourth-order valence-corrected chi connectivity index (χ4v) is 2.01. The largest absolute Gasteiger partial charge is 0.492 e. The number of rotatable bonds is 3. The number of halogens is 1. The summed E-state index contributed by atoms with van der Waals surface area (Å²) in [7, 11) is 0. The maximum Gasteiger partial charge on any atom is 0.137 e. The Morgan fingerprint density at radius 1 is 1.41 bits per heavy atom. The van der Waals surface area contributed by atoms with Crippen LogP contribution in [0.2, 0.25) is 5.02 Å². The third kappa shape index (κ3) is 3.36. The molecule has 1 heterocycles. The van der Waals surface area contributed by atoms with Crippen molar-refractivity contribution in [1.82, 2.24) is 0 Å². The molecule has 1 aliphatic rings. The molecule has 1 aliphatic heterocycles. The molecule has 0 aromatic heterocycles. The van der Waals surface area contributed by atoms with E-state index < -0.39 is 0 Å². The van der Waals surface area contributed by atoms with E-state index in [0.717, 1.165) is 26.1 Å². The molecule has 0 N–H and O–H groups in total. The molecule has 0 aliphatic carbocycles. The van der Waals surface area contributed by atoms with Gasteiger partial charge in [-0.05, 0) is 37.0 Å². The second kappa shape index (κ2) is 5.90. The normalized spacial score (nSPS) is 16.5. The molecule has 0 atom stereocenters. The van der Waals surface area contributed by atoms with Gasteiger partial charge < -0.3 is 9.47 Å². The van der Waals surface area contributed by atoms with E-state index in [1.165, 1.54) is 0 Å². The van der Waals surface area contributed by atoms with Gasteiger partial charge in [-0.1, -0.05) is 11.6 Å².